The number of hydrogen-bond donors (Lipinski definition) is 5. The van der Waals surface area contributed by atoms with Gasteiger partial charge in [-0.3, -0.25) is 4.79 Å². The molecule has 9 nitrogen and oxygen atoms in total. The van der Waals surface area contributed by atoms with Crippen LogP contribution in [-0.2, 0) is 14.3 Å². The molecule has 6 N–H and O–H groups in total. The minimum atomic E-state index is -0.894. The number of ether oxygens (including phenoxy) is 2. The van der Waals surface area contributed by atoms with Crippen molar-refractivity contribution in [2.75, 3.05) is 0 Å². The molecule has 42 heavy (non-hydrogen) atoms. The lowest BCUT2D eigenvalue weighted by molar-refractivity contribution is -0.179. The van der Waals surface area contributed by atoms with Crippen molar-refractivity contribution in [2.45, 2.75) is 105 Å². The fourth-order valence-corrected chi connectivity index (χ4v) is 5.80. The largest absolute Gasteiger partial charge is 0.462 e. The van der Waals surface area contributed by atoms with Crippen LogP contribution in [0.2, 0.25) is 0 Å². The molecule has 13 atom stereocenters. The number of cyclic esters (lactones) is 1. The Morgan fingerprint density at radius 3 is 2.21 bits per heavy atom. The molecule has 0 saturated carbocycles. The van der Waals surface area contributed by atoms with E-state index < -0.39 is 54.6 Å². The predicted molar refractivity (Wildman–Crippen MR) is 164 cm³/mol. The average Bonchev–Trinajstić information content (AvgIpc) is 2.93. The summed E-state index contributed by atoms with van der Waals surface area (Å²) in [7, 11) is 0. The van der Waals surface area contributed by atoms with Gasteiger partial charge in [0.2, 0.25) is 0 Å². The van der Waals surface area contributed by atoms with E-state index in [2.05, 4.69) is 6.58 Å². The number of aliphatic hydroxyl groups is 4. The first-order chi connectivity index (χ1) is 19.5. The Morgan fingerprint density at radius 2 is 1.64 bits per heavy atom. The topological polar surface area (TPSA) is 160 Å². The maximum atomic E-state index is 12.0. The molecule has 1 fully saturated rings. The van der Waals surface area contributed by atoms with Crippen LogP contribution < -0.4 is 5.73 Å². The van der Waals surface area contributed by atoms with Gasteiger partial charge in [0.1, 0.15) is 12.2 Å². The van der Waals surface area contributed by atoms with Crippen LogP contribution in [0.1, 0.15) is 68.2 Å². The Bertz CT molecular complexity index is 962. The zero-order valence-corrected chi connectivity index (χ0v) is 26.6. The van der Waals surface area contributed by atoms with Crippen molar-refractivity contribution in [1.82, 2.24) is 0 Å². The van der Waals surface area contributed by atoms with E-state index in [1.54, 1.807) is 38.2 Å². The molecule has 0 aliphatic carbocycles. The first-order valence-electron chi connectivity index (χ1n) is 15.0. The Kier molecular flexibility index (Phi) is 15.7. The van der Waals surface area contributed by atoms with Gasteiger partial charge in [0.15, 0.2) is 0 Å². The molecule has 1 aliphatic heterocycles. The van der Waals surface area contributed by atoms with Gasteiger partial charge in [-0.1, -0.05) is 90.2 Å². The highest BCUT2D eigenvalue weighted by molar-refractivity contribution is 5.73. The van der Waals surface area contributed by atoms with Gasteiger partial charge in [0, 0.05) is 36.0 Å². The number of rotatable bonds is 16. The zero-order chi connectivity index (χ0) is 32.3. The summed E-state index contributed by atoms with van der Waals surface area (Å²) in [6.07, 6.45) is 6.04. The molecule has 9 heteroatoms. The summed E-state index contributed by atoms with van der Waals surface area (Å²) in [5, 5.41) is 42.8. The van der Waals surface area contributed by atoms with Crippen LogP contribution in [0.4, 0.5) is 4.79 Å². The molecule has 0 radical (unpaired) electrons. The summed E-state index contributed by atoms with van der Waals surface area (Å²) in [6.45, 7) is 18.5. The average molecular weight is 594 g/mol. The Labute approximate surface area is 252 Å². The Hall–Kier alpha value is -2.46. The number of carbonyl (C=O) groups excluding carboxylic acids is 2. The molecule has 0 aromatic carbocycles. The summed E-state index contributed by atoms with van der Waals surface area (Å²) in [5.74, 6) is -2.52. The van der Waals surface area contributed by atoms with Crippen molar-refractivity contribution >= 4 is 12.1 Å². The predicted octanol–water partition coefficient (Wildman–Crippen LogP) is 4.30. The number of aliphatic hydroxyl groups excluding tert-OH is 4. The van der Waals surface area contributed by atoms with Crippen LogP contribution in [0.25, 0.3) is 0 Å². The van der Waals surface area contributed by atoms with Crippen molar-refractivity contribution in [3.63, 3.8) is 0 Å². The molecule has 1 amide bonds. The van der Waals surface area contributed by atoms with E-state index in [0.717, 1.165) is 5.57 Å². The van der Waals surface area contributed by atoms with Gasteiger partial charge in [0.25, 0.3) is 0 Å². The van der Waals surface area contributed by atoms with Crippen LogP contribution in [0.15, 0.2) is 48.6 Å². The van der Waals surface area contributed by atoms with E-state index in [9.17, 15) is 30.0 Å². The monoisotopic (exact) mass is 593 g/mol. The Morgan fingerprint density at radius 1 is 1.02 bits per heavy atom. The van der Waals surface area contributed by atoms with Gasteiger partial charge in [-0.2, -0.15) is 0 Å². The second kappa shape index (κ2) is 17.6. The minimum absolute atomic E-state index is 0.152. The molecule has 1 aliphatic rings. The molecule has 1 saturated heterocycles. The lowest BCUT2D eigenvalue weighted by Crippen LogP contribution is -2.47. The van der Waals surface area contributed by atoms with E-state index >= 15 is 0 Å². The summed E-state index contributed by atoms with van der Waals surface area (Å²) in [6, 6.07) is 0. The number of amides is 1. The van der Waals surface area contributed by atoms with Crippen molar-refractivity contribution in [1.29, 1.82) is 0 Å². The molecule has 0 bridgehead atoms. The molecule has 0 aromatic rings. The van der Waals surface area contributed by atoms with E-state index in [-0.39, 0.29) is 41.9 Å². The highest BCUT2D eigenvalue weighted by atomic mass is 16.6. The van der Waals surface area contributed by atoms with Crippen molar-refractivity contribution < 1.29 is 39.5 Å². The summed E-state index contributed by atoms with van der Waals surface area (Å²) >= 11 is 0. The second-order valence-electron chi connectivity index (χ2n) is 12.4. The lowest BCUT2D eigenvalue weighted by atomic mass is 9.81. The normalized spacial score (nSPS) is 28.3. The van der Waals surface area contributed by atoms with Crippen LogP contribution in [0.3, 0.4) is 0 Å². The van der Waals surface area contributed by atoms with Gasteiger partial charge in [0.05, 0.1) is 30.3 Å². The van der Waals surface area contributed by atoms with E-state index in [1.807, 2.05) is 53.7 Å². The molecule has 0 spiro atoms. The molecular weight excluding hydrogens is 538 g/mol. The fraction of sp³-hybridized carbons (Fsp3) is 0.697. The molecule has 0 aromatic heterocycles. The highest BCUT2D eigenvalue weighted by Gasteiger charge is 2.41. The first kappa shape index (κ1) is 37.6. The molecular formula is C33H55NO8. The van der Waals surface area contributed by atoms with Gasteiger partial charge in [-0.05, 0) is 26.2 Å². The standard InChI is InChI=1S/C33H55NO8/c1-10-11-12-20(4)31(42-33(34)40)24(8)29(37)22(6)16-18(2)15-21(5)28(36)19(3)13-14-26(35)17-27-23(7)30(38)25(9)32(39)41-27/h10-15,19-31,35-38H,1,16-17H2,2-9H3,(H2,34,40)/b12-11-,14-13-,18-15-/t19-,20-,21?,22-,23-,24-,25+,26+,27-,28-,29+,30?,31-/m0/s1. The van der Waals surface area contributed by atoms with Crippen molar-refractivity contribution in [2.24, 2.45) is 47.2 Å². The maximum absolute atomic E-state index is 12.0. The van der Waals surface area contributed by atoms with E-state index in [4.69, 9.17) is 15.2 Å². The first-order valence-corrected chi connectivity index (χ1v) is 15.0. The summed E-state index contributed by atoms with van der Waals surface area (Å²) in [4.78, 5) is 23.5. The van der Waals surface area contributed by atoms with Crippen LogP contribution in [0.5, 0.6) is 0 Å². The fourth-order valence-electron chi connectivity index (χ4n) is 5.80. The molecule has 1 rings (SSSR count). The number of carbonyl (C=O) groups is 2. The number of nitrogens with two attached hydrogens (primary N) is 1. The second-order valence-corrected chi connectivity index (χ2v) is 12.4. The zero-order valence-electron chi connectivity index (χ0n) is 26.6. The van der Waals surface area contributed by atoms with Gasteiger partial charge in [-0.15, -0.1) is 0 Å². The third-order valence-electron chi connectivity index (χ3n) is 8.62. The van der Waals surface area contributed by atoms with Gasteiger partial charge >= 0.3 is 12.1 Å². The highest BCUT2D eigenvalue weighted by Crippen LogP contribution is 2.30. The number of esters is 1. The molecule has 2 unspecified atom stereocenters. The van der Waals surface area contributed by atoms with Crippen LogP contribution in [-0.4, -0.2) is 69.1 Å². The maximum Gasteiger partial charge on any atom is 0.404 e. The lowest BCUT2D eigenvalue weighted by Gasteiger charge is -2.36. The minimum Gasteiger partial charge on any atom is -0.462 e. The van der Waals surface area contributed by atoms with Gasteiger partial charge < -0.3 is 35.6 Å². The van der Waals surface area contributed by atoms with E-state index in [0.29, 0.717) is 6.42 Å². The smallest absolute Gasteiger partial charge is 0.404 e. The van der Waals surface area contributed by atoms with Crippen molar-refractivity contribution in [3.05, 3.63) is 48.6 Å². The number of hydrogen-bond acceptors (Lipinski definition) is 8. The quantitative estimate of drug-likeness (QED) is 0.101. The third kappa shape index (κ3) is 11.3. The van der Waals surface area contributed by atoms with Gasteiger partial charge in [-0.25, -0.2) is 4.79 Å². The summed E-state index contributed by atoms with van der Waals surface area (Å²) in [5.41, 5.74) is 6.30. The number of allylic oxidation sites excluding steroid dienone is 3. The summed E-state index contributed by atoms with van der Waals surface area (Å²) < 4.78 is 10.8. The third-order valence-corrected chi connectivity index (χ3v) is 8.62. The SMILES string of the molecule is C=C/C=C\[C@H](C)[C@H](OC(N)=O)[C@@H](C)[C@H](O)[C@@H](C)C/C(C)=C\C(C)[C@@H](O)[C@@H](C)/C=C\[C@@H](O)C[C@@H]1OC(=O)[C@H](C)C(O)[C@H]1C. The molecule has 240 valence electrons. The van der Waals surface area contributed by atoms with Crippen LogP contribution >= 0.6 is 0 Å². The Balaban J connectivity index is 2.76. The number of primary amides is 1. The van der Waals surface area contributed by atoms with E-state index in [1.165, 1.54) is 0 Å². The molecule has 1 heterocycles. The van der Waals surface area contributed by atoms with Crippen molar-refractivity contribution in [3.8, 4) is 0 Å². The van der Waals surface area contributed by atoms with Crippen LogP contribution in [0, 0.1) is 41.4 Å².